The predicted octanol–water partition coefficient (Wildman–Crippen LogP) is 0.304. The van der Waals surface area contributed by atoms with E-state index in [1.807, 2.05) is 0 Å². The Morgan fingerprint density at radius 1 is 1.73 bits per heavy atom. The van der Waals surface area contributed by atoms with E-state index in [1.54, 1.807) is 19.9 Å². The Bertz CT molecular complexity index is 213. The van der Waals surface area contributed by atoms with Crippen LogP contribution in [0, 0.1) is 11.3 Å². The number of esters is 1. The van der Waals surface area contributed by atoms with Gasteiger partial charge >= 0.3 is 5.97 Å². The van der Waals surface area contributed by atoms with E-state index in [2.05, 4.69) is 4.74 Å². The first-order valence-electron chi connectivity index (χ1n) is 3.14. The average molecular weight is 154 g/mol. The predicted molar refractivity (Wildman–Crippen MR) is 39.1 cm³/mol. The molecule has 11 heavy (non-hydrogen) atoms. The first kappa shape index (κ1) is 9.50. The maximum absolute atomic E-state index is 10.8. The zero-order chi connectivity index (χ0) is 8.85. The summed E-state index contributed by atoms with van der Waals surface area (Å²) in [5.74, 6) is -0.676. The summed E-state index contributed by atoms with van der Waals surface area (Å²) in [7, 11) is 0. The number of nitriles is 1. The van der Waals surface area contributed by atoms with Crippen LogP contribution in [0.4, 0.5) is 0 Å². The highest BCUT2D eigenvalue weighted by Crippen LogP contribution is 1.97. The summed E-state index contributed by atoms with van der Waals surface area (Å²) in [6.07, 6.45) is 0.704. The Hall–Kier alpha value is -1.50. The van der Waals surface area contributed by atoms with Crippen molar-refractivity contribution < 1.29 is 9.53 Å². The molecule has 0 aromatic carbocycles. The molecule has 60 valence electrons. The zero-order valence-corrected chi connectivity index (χ0v) is 6.50. The van der Waals surface area contributed by atoms with Crippen LogP contribution in [0.25, 0.3) is 0 Å². The van der Waals surface area contributed by atoms with Gasteiger partial charge in [-0.3, -0.25) is 0 Å². The molecule has 0 fully saturated rings. The van der Waals surface area contributed by atoms with Crippen molar-refractivity contribution in [2.75, 3.05) is 0 Å². The van der Waals surface area contributed by atoms with E-state index in [9.17, 15) is 4.79 Å². The van der Waals surface area contributed by atoms with Crippen LogP contribution in [0.5, 0.6) is 0 Å². The van der Waals surface area contributed by atoms with E-state index in [-0.39, 0.29) is 11.7 Å². The van der Waals surface area contributed by atoms with Crippen LogP contribution in [-0.4, -0.2) is 12.1 Å². The van der Waals surface area contributed by atoms with Crippen LogP contribution in [0.15, 0.2) is 11.8 Å². The average Bonchev–Trinajstić information content (AvgIpc) is 1.88. The fourth-order valence-corrected chi connectivity index (χ4v) is 0.429. The first-order chi connectivity index (χ1) is 5.11. The minimum Gasteiger partial charge on any atom is -0.459 e. The van der Waals surface area contributed by atoms with Gasteiger partial charge in [0.1, 0.15) is 6.07 Å². The highest BCUT2D eigenvalue weighted by atomic mass is 16.5. The van der Waals surface area contributed by atoms with Crippen LogP contribution in [0.3, 0.4) is 0 Å². The second kappa shape index (κ2) is 4.34. The number of carbonyl (C=O) groups is 1. The van der Waals surface area contributed by atoms with Gasteiger partial charge in [0.05, 0.1) is 6.10 Å². The quantitative estimate of drug-likeness (QED) is 0.352. The van der Waals surface area contributed by atoms with Crippen LogP contribution >= 0.6 is 0 Å². The van der Waals surface area contributed by atoms with Crippen LogP contribution in [0.2, 0.25) is 0 Å². The molecule has 0 aliphatic carbocycles. The molecule has 0 rings (SSSR count). The fourth-order valence-electron chi connectivity index (χ4n) is 0.429. The van der Waals surface area contributed by atoms with Gasteiger partial charge < -0.3 is 10.5 Å². The third-order valence-electron chi connectivity index (χ3n) is 0.850. The first-order valence-corrected chi connectivity index (χ1v) is 3.14. The normalized spacial score (nSPS) is 10.9. The lowest BCUT2D eigenvalue weighted by molar-refractivity contribution is -0.142. The van der Waals surface area contributed by atoms with Gasteiger partial charge in [0.2, 0.25) is 0 Å². The molecular formula is C7H10N2O2. The van der Waals surface area contributed by atoms with Crippen LogP contribution < -0.4 is 5.73 Å². The van der Waals surface area contributed by atoms with Gasteiger partial charge in [0, 0.05) is 6.20 Å². The molecule has 0 aliphatic rings. The lowest BCUT2D eigenvalue weighted by Crippen LogP contribution is -2.13. The van der Waals surface area contributed by atoms with E-state index in [0.29, 0.717) is 0 Å². The molecule has 0 spiro atoms. The lowest BCUT2D eigenvalue weighted by atomic mass is 10.3. The molecule has 4 heteroatoms. The van der Waals surface area contributed by atoms with Crippen molar-refractivity contribution in [3.8, 4) is 6.07 Å². The molecule has 0 unspecified atom stereocenters. The van der Waals surface area contributed by atoms with Crippen molar-refractivity contribution >= 4 is 5.97 Å². The van der Waals surface area contributed by atoms with Crippen molar-refractivity contribution in [1.82, 2.24) is 0 Å². The summed E-state index contributed by atoms with van der Waals surface area (Å²) in [4.78, 5) is 10.8. The maximum Gasteiger partial charge on any atom is 0.350 e. The van der Waals surface area contributed by atoms with Gasteiger partial charge in [-0.2, -0.15) is 5.26 Å². The van der Waals surface area contributed by atoms with Crippen molar-refractivity contribution in [1.29, 1.82) is 5.26 Å². The van der Waals surface area contributed by atoms with Crippen molar-refractivity contribution in [2.24, 2.45) is 5.73 Å². The number of hydrogen-bond donors (Lipinski definition) is 1. The molecule has 0 heterocycles. The highest BCUT2D eigenvalue weighted by molar-refractivity contribution is 5.92. The SMILES string of the molecule is CC(C)OC(=O)C(C#N)=CN. The van der Waals surface area contributed by atoms with Crippen molar-refractivity contribution in [3.63, 3.8) is 0 Å². The van der Waals surface area contributed by atoms with E-state index < -0.39 is 5.97 Å². The summed E-state index contributed by atoms with van der Waals surface area (Å²) in [6, 6.07) is 1.62. The summed E-state index contributed by atoms with van der Waals surface area (Å²) >= 11 is 0. The van der Waals surface area contributed by atoms with Gasteiger partial charge in [-0.15, -0.1) is 0 Å². The zero-order valence-electron chi connectivity index (χ0n) is 6.50. The minimum atomic E-state index is -0.676. The molecule has 0 aromatic rings. The van der Waals surface area contributed by atoms with Gasteiger partial charge in [-0.05, 0) is 13.8 Å². The third-order valence-corrected chi connectivity index (χ3v) is 0.850. The molecule has 0 aliphatic heterocycles. The fraction of sp³-hybridized carbons (Fsp3) is 0.429. The third kappa shape index (κ3) is 3.26. The van der Waals surface area contributed by atoms with Gasteiger partial charge in [-0.1, -0.05) is 0 Å². The minimum absolute atomic E-state index is 0.168. The number of nitrogens with two attached hydrogens (primary N) is 1. The Morgan fingerprint density at radius 3 is 2.55 bits per heavy atom. The van der Waals surface area contributed by atoms with Crippen molar-refractivity contribution in [3.05, 3.63) is 11.8 Å². The van der Waals surface area contributed by atoms with Gasteiger partial charge in [0.15, 0.2) is 5.57 Å². The standard InChI is InChI=1S/C7H10N2O2/c1-5(2)11-7(10)6(3-8)4-9/h3,5H,8H2,1-2H3. The molecule has 0 atom stereocenters. The lowest BCUT2D eigenvalue weighted by Gasteiger charge is -2.05. The van der Waals surface area contributed by atoms with Gasteiger partial charge in [0.25, 0.3) is 0 Å². The smallest absolute Gasteiger partial charge is 0.350 e. The summed E-state index contributed by atoms with van der Waals surface area (Å²) in [5.41, 5.74) is 4.81. The molecule has 0 aromatic heterocycles. The second-order valence-electron chi connectivity index (χ2n) is 2.15. The molecular weight excluding hydrogens is 144 g/mol. The van der Waals surface area contributed by atoms with E-state index >= 15 is 0 Å². The second-order valence-corrected chi connectivity index (χ2v) is 2.15. The topological polar surface area (TPSA) is 76.1 Å². The monoisotopic (exact) mass is 154 g/mol. The highest BCUT2D eigenvalue weighted by Gasteiger charge is 2.10. The van der Waals surface area contributed by atoms with Crippen LogP contribution in [-0.2, 0) is 9.53 Å². The molecule has 0 bridgehead atoms. The molecule has 0 radical (unpaired) electrons. The molecule has 0 amide bonds. The number of hydrogen-bond acceptors (Lipinski definition) is 4. The Labute approximate surface area is 65.2 Å². The maximum atomic E-state index is 10.8. The molecule has 0 saturated carbocycles. The number of rotatable bonds is 2. The molecule has 2 N–H and O–H groups in total. The van der Waals surface area contributed by atoms with E-state index in [0.717, 1.165) is 6.20 Å². The summed E-state index contributed by atoms with van der Waals surface area (Å²) in [5, 5.41) is 8.31. The number of nitrogens with zero attached hydrogens (tertiary/aromatic N) is 1. The largest absolute Gasteiger partial charge is 0.459 e. The van der Waals surface area contributed by atoms with Crippen molar-refractivity contribution in [2.45, 2.75) is 20.0 Å². The number of ether oxygens (including phenoxy) is 1. The Kier molecular flexibility index (Phi) is 3.75. The Morgan fingerprint density at radius 2 is 2.27 bits per heavy atom. The summed E-state index contributed by atoms with van der Waals surface area (Å²) in [6.45, 7) is 3.40. The molecule has 0 saturated heterocycles. The number of carbonyl (C=O) groups excluding carboxylic acids is 1. The van der Waals surface area contributed by atoms with E-state index in [4.69, 9.17) is 11.0 Å². The Balaban J connectivity index is 4.16. The van der Waals surface area contributed by atoms with E-state index in [1.165, 1.54) is 0 Å². The van der Waals surface area contributed by atoms with Gasteiger partial charge in [-0.25, -0.2) is 4.79 Å². The summed E-state index contributed by atoms with van der Waals surface area (Å²) < 4.78 is 4.68. The van der Waals surface area contributed by atoms with Crippen LogP contribution in [0.1, 0.15) is 13.8 Å². The molecule has 4 nitrogen and oxygen atoms in total.